The predicted octanol–water partition coefficient (Wildman–Crippen LogP) is 1.96. The minimum Gasteiger partial charge on any atom is -0.395 e. The summed E-state index contributed by atoms with van der Waals surface area (Å²) in [5, 5.41) is 29.2. The van der Waals surface area contributed by atoms with E-state index in [1.807, 2.05) is 54.7 Å². The first kappa shape index (κ1) is 17.7. The first-order valence-electron chi connectivity index (χ1n) is 9.57. The lowest BCUT2D eigenvalue weighted by atomic mass is 9.95. The maximum atomic E-state index is 12.7. The first-order chi connectivity index (χ1) is 14.2. The first-order valence-corrected chi connectivity index (χ1v) is 9.57. The number of hydrogen-bond donors (Lipinski definition) is 3. The van der Waals surface area contributed by atoms with Crippen LogP contribution in [-0.4, -0.2) is 55.3 Å². The molecule has 1 fully saturated rings. The van der Waals surface area contributed by atoms with Gasteiger partial charge in [-0.2, -0.15) is 5.10 Å². The van der Waals surface area contributed by atoms with E-state index in [1.165, 1.54) is 0 Å². The average Bonchev–Trinajstić information content (AvgIpc) is 3.52. The van der Waals surface area contributed by atoms with Crippen molar-refractivity contribution in [1.29, 1.82) is 0 Å². The van der Waals surface area contributed by atoms with Gasteiger partial charge < -0.3 is 10.4 Å². The highest BCUT2D eigenvalue weighted by molar-refractivity contribution is 5.98. The van der Waals surface area contributed by atoms with Gasteiger partial charge in [-0.3, -0.25) is 9.89 Å². The highest BCUT2D eigenvalue weighted by Crippen LogP contribution is 2.25. The van der Waals surface area contributed by atoms with E-state index in [1.54, 1.807) is 4.68 Å². The number of nitrogens with one attached hydrogen (secondary N) is 2. The third-order valence-electron chi connectivity index (χ3n) is 5.44. The second-order valence-electron chi connectivity index (χ2n) is 7.30. The third kappa shape index (κ3) is 3.22. The molecule has 0 radical (unpaired) electrons. The molecule has 2 aromatic carbocycles. The van der Waals surface area contributed by atoms with Gasteiger partial charge in [0.2, 0.25) is 0 Å². The van der Waals surface area contributed by atoms with E-state index in [9.17, 15) is 9.90 Å². The molecule has 3 N–H and O–H groups in total. The Labute approximate surface area is 166 Å². The van der Waals surface area contributed by atoms with Crippen LogP contribution >= 0.6 is 0 Å². The van der Waals surface area contributed by atoms with Crippen LogP contribution < -0.4 is 5.32 Å². The molecule has 8 heteroatoms. The molecule has 0 bridgehead atoms. The van der Waals surface area contributed by atoms with Crippen LogP contribution in [-0.2, 0) is 0 Å². The molecule has 4 aromatic rings. The fourth-order valence-corrected chi connectivity index (χ4v) is 3.83. The number of aliphatic hydroxyl groups excluding tert-OH is 1. The van der Waals surface area contributed by atoms with Gasteiger partial charge in [0.05, 0.1) is 24.0 Å². The molecular weight excluding hydrogens is 368 g/mol. The number of Topliss-reactive ketones (excluding diaryl/α,β-unsaturated/α-hetero) is 1. The van der Waals surface area contributed by atoms with Crippen LogP contribution in [0.2, 0.25) is 0 Å². The lowest BCUT2D eigenvalue weighted by molar-refractivity contribution is 0.0927. The maximum Gasteiger partial charge on any atom is 0.167 e. The van der Waals surface area contributed by atoms with Gasteiger partial charge >= 0.3 is 0 Å². The lowest BCUT2D eigenvalue weighted by Crippen LogP contribution is -2.24. The molecule has 1 aliphatic rings. The van der Waals surface area contributed by atoms with Crippen LogP contribution in [0, 0.1) is 5.92 Å². The Kier molecular flexibility index (Phi) is 4.42. The molecule has 2 atom stereocenters. The summed E-state index contributed by atoms with van der Waals surface area (Å²) in [5.41, 5.74) is 3.86. The van der Waals surface area contributed by atoms with Crippen molar-refractivity contribution >= 4 is 16.7 Å². The minimum absolute atomic E-state index is 0.00918. The smallest absolute Gasteiger partial charge is 0.167 e. The summed E-state index contributed by atoms with van der Waals surface area (Å²) in [6.45, 7) is 0.665. The zero-order valence-electron chi connectivity index (χ0n) is 15.6. The molecule has 29 heavy (non-hydrogen) atoms. The number of carbonyl (C=O) groups excluding carboxylic acids is 1. The monoisotopic (exact) mass is 388 g/mol. The zero-order chi connectivity index (χ0) is 19.8. The number of aromatic amines is 1. The van der Waals surface area contributed by atoms with Crippen LogP contribution in [0.15, 0.2) is 54.7 Å². The van der Waals surface area contributed by atoms with Crippen molar-refractivity contribution in [3.8, 4) is 17.1 Å². The molecule has 0 saturated carbocycles. The third-order valence-corrected chi connectivity index (χ3v) is 5.44. The van der Waals surface area contributed by atoms with Crippen molar-refractivity contribution in [1.82, 2.24) is 30.5 Å². The topological polar surface area (TPSA) is 109 Å². The van der Waals surface area contributed by atoms with E-state index in [0.29, 0.717) is 24.2 Å². The number of hydrogen-bond acceptors (Lipinski definition) is 6. The number of carbonyl (C=O) groups is 1. The predicted molar refractivity (Wildman–Crippen MR) is 108 cm³/mol. The highest BCUT2D eigenvalue weighted by atomic mass is 16.3. The molecule has 1 saturated heterocycles. The van der Waals surface area contributed by atoms with Gasteiger partial charge in [-0.15, -0.1) is 5.10 Å². The Balaban J connectivity index is 1.37. The Bertz CT molecular complexity index is 1160. The van der Waals surface area contributed by atoms with E-state index >= 15 is 0 Å². The largest absolute Gasteiger partial charge is 0.395 e. The number of nitrogens with zero attached hydrogens (tertiary/aromatic N) is 4. The SMILES string of the molecule is O=C(c1ccc(-n2cc(-c3n[nH]c4ccccc34)nn2)cc1)C1CN[C@H](CO)C1. The Morgan fingerprint density at radius 1 is 1.17 bits per heavy atom. The summed E-state index contributed by atoms with van der Waals surface area (Å²) >= 11 is 0. The van der Waals surface area contributed by atoms with Crippen molar-refractivity contribution in [2.45, 2.75) is 12.5 Å². The number of rotatable bonds is 5. The van der Waals surface area contributed by atoms with Gasteiger partial charge in [0.15, 0.2) is 5.78 Å². The average molecular weight is 388 g/mol. The number of aliphatic hydroxyl groups is 1. The Morgan fingerprint density at radius 2 is 2.00 bits per heavy atom. The van der Waals surface area contributed by atoms with Crippen molar-refractivity contribution in [2.75, 3.05) is 13.2 Å². The van der Waals surface area contributed by atoms with E-state index in [-0.39, 0.29) is 24.3 Å². The summed E-state index contributed by atoms with van der Waals surface area (Å²) in [7, 11) is 0. The number of benzene rings is 2. The fourth-order valence-electron chi connectivity index (χ4n) is 3.83. The fraction of sp³-hybridized carbons (Fsp3) is 0.238. The van der Waals surface area contributed by atoms with E-state index < -0.39 is 0 Å². The second kappa shape index (κ2) is 7.23. The summed E-state index contributed by atoms with van der Waals surface area (Å²) in [4.78, 5) is 12.7. The second-order valence-corrected chi connectivity index (χ2v) is 7.30. The summed E-state index contributed by atoms with van der Waals surface area (Å²) in [6.07, 6.45) is 2.49. The lowest BCUT2D eigenvalue weighted by Gasteiger charge is -2.08. The molecule has 146 valence electrons. The Hall–Kier alpha value is -3.36. The van der Waals surface area contributed by atoms with Crippen LogP contribution in [0.25, 0.3) is 28.0 Å². The molecule has 0 amide bonds. The summed E-state index contributed by atoms with van der Waals surface area (Å²) < 4.78 is 1.67. The van der Waals surface area contributed by atoms with E-state index in [4.69, 9.17) is 0 Å². The molecule has 2 aromatic heterocycles. The van der Waals surface area contributed by atoms with Crippen molar-refractivity contribution in [2.24, 2.45) is 5.92 Å². The normalized spacial score (nSPS) is 19.1. The number of aromatic nitrogens is 5. The van der Waals surface area contributed by atoms with E-state index in [2.05, 4.69) is 25.8 Å². The quantitative estimate of drug-likeness (QED) is 0.451. The molecule has 5 rings (SSSR count). The van der Waals surface area contributed by atoms with Gasteiger partial charge in [0, 0.05) is 29.5 Å². The summed E-state index contributed by atoms with van der Waals surface area (Å²) in [5.74, 6) is 0.00573. The van der Waals surface area contributed by atoms with Gasteiger partial charge in [-0.25, -0.2) is 4.68 Å². The van der Waals surface area contributed by atoms with Gasteiger partial charge in [-0.05, 0) is 36.8 Å². The van der Waals surface area contributed by atoms with Crippen molar-refractivity contribution in [3.05, 3.63) is 60.3 Å². The van der Waals surface area contributed by atoms with E-state index in [0.717, 1.165) is 22.3 Å². The Morgan fingerprint density at radius 3 is 2.79 bits per heavy atom. The number of para-hydroxylation sites is 1. The molecular formula is C21H20N6O2. The van der Waals surface area contributed by atoms with Crippen molar-refractivity contribution < 1.29 is 9.90 Å². The molecule has 1 unspecified atom stereocenters. The molecule has 3 heterocycles. The number of ketones is 1. The van der Waals surface area contributed by atoms with Crippen LogP contribution in [0.5, 0.6) is 0 Å². The zero-order valence-corrected chi connectivity index (χ0v) is 15.6. The number of H-pyrrole nitrogens is 1. The van der Waals surface area contributed by atoms with Crippen LogP contribution in [0.1, 0.15) is 16.8 Å². The highest BCUT2D eigenvalue weighted by Gasteiger charge is 2.29. The minimum atomic E-state index is -0.0936. The van der Waals surface area contributed by atoms with Gasteiger partial charge in [0.25, 0.3) is 0 Å². The molecule has 0 spiro atoms. The summed E-state index contributed by atoms with van der Waals surface area (Å²) in [6, 6.07) is 15.2. The van der Waals surface area contributed by atoms with Crippen LogP contribution in [0.3, 0.4) is 0 Å². The molecule has 0 aliphatic carbocycles. The van der Waals surface area contributed by atoms with Gasteiger partial charge in [0.1, 0.15) is 11.4 Å². The number of fused-ring (bicyclic) bond motifs is 1. The molecule has 1 aliphatic heterocycles. The molecule has 8 nitrogen and oxygen atoms in total. The van der Waals surface area contributed by atoms with Crippen LogP contribution in [0.4, 0.5) is 0 Å². The van der Waals surface area contributed by atoms with Gasteiger partial charge in [-0.1, -0.05) is 23.4 Å². The van der Waals surface area contributed by atoms with Crippen molar-refractivity contribution in [3.63, 3.8) is 0 Å². The standard InChI is InChI=1S/C21H20N6O2/c28-12-15-9-14(10-22-15)21(29)13-5-7-16(8-6-13)27-11-19(24-26-27)20-17-3-1-2-4-18(17)23-25-20/h1-8,11,14-15,22,28H,9-10,12H2,(H,23,25)/t14?,15-/m0/s1. The maximum absolute atomic E-state index is 12.7.